The number of hydrogen-bond acceptors (Lipinski definition) is 5. The molecule has 7 heteroatoms. The average Bonchev–Trinajstić information content (AvgIpc) is 2.82. The molecule has 1 heterocycles. The van der Waals surface area contributed by atoms with Gasteiger partial charge in [0, 0.05) is 6.07 Å². The van der Waals surface area contributed by atoms with Crippen LogP contribution in [0.4, 0.5) is 4.79 Å². The zero-order chi connectivity index (χ0) is 19.5. The van der Waals surface area contributed by atoms with Crippen molar-refractivity contribution in [1.29, 1.82) is 0 Å². The summed E-state index contributed by atoms with van der Waals surface area (Å²) in [6.07, 6.45) is 1.34. The van der Waals surface area contributed by atoms with Crippen molar-refractivity contribution in [2.45, 2.75) is 39.2 Å². The normalized spacial score (nSPS) is 19.7. The molecule has 7 nitrogen and oxygen atoms in total. The Morgan fingerprint density at radius 1 is 1.23 bits per heavy atom. The van der Waals surface area contributed by atoms with Crippen LogP contribution in [0, 0.1) is 5.92 Å². The van der Waals surface area contributed by atoms with E-state index in [-0.39, 0.29) is 18.2 Å². The van der Waals surface area contributed by atoms with E-state index >= 15 is 0 Å². The molecule has 1 aromatic carbocycles. The zero-order valence-corrected chi connectivity index (χ0v) is 15.9. The lowest BCUT2D eigenvalue weighted by molar-refractivity contribution is -0.130. The van der Waals surface area contributed by atoms with E-state index < -0.39 is 11.6 Å². The topological polar surface area (TPSA) is 84.9 Å². The van der Waals surface area contributed by atoms with Gasteiger partial charge in [0.25, 0.3) is 5.91 Å². The second kappa shape index (κ2) is 7.76. The van der Waals surface area contributed by atoms with Crippen molar-refractivity contribution in [2.24, 2.45) is 5.92 Å². The number of ether oxygens (including phenoxy) is 2. The molecule has 142 valence electrons. The fourth-order valence-electron chi connectivity index (χ4n) is 2.90. The van der Waals surface area contributed by atoms with E-state index in [1.807, 2.05) is 0 Å². The molecule has 2 rings (SSSR count). The molecule has 0 spiro atoms. The first-order valence-corrected chi connectivity index (χ1v) is 8.61. The summed E-state index contributed by atoms with van der Waals surface area (Å²) in [6.45, 7) is 5.49. The minimum atomic E-state index is -0.967. The number of carbonyl (C=O) groups is 3. The van der Waals surface area contributed by atoms with Crippen molar-refractivity contribution >= 4 is 17.7 Å². The van der Waals surface area contributed by atoms with Gasteiger partial charge in [0.2, 0.25) is 0 Å². The van der Waals surface area contributed by atoms with E-state index in [1.165, 1.54) is 14.2 Å². The zero-order valence-electron chi connectivity index (χ0n) is 15.9. The maximum Gasteiger partial charge on any atom is 0.325 e. The molecular formula is C19H26N2O5. The number of methoxy groups -OCH3 is 2. The number of rotatable bonds is 8. The molecule has 1 aliphatic rings. The van der Waals surface area contributed by atoms with Crippen LogP contribution in [0.2, 0.25) is 0 Å². The third-order valence-electron chi connectivity index (χ3n) is 4.58. The van der Waals surface area contributed by atoms with Gasteiger partial charge in [-0.15, -0.1) is 0 Å². The van der Waals surface area contributed by atoms with Crippen molar-refractivity contribution in [1.82, 2.24) is 10.2 Å². The van der Waals surface area contributed by atoms with Gasteiger partial charge in [-0.2, -0.15) is 0 Å². The van der Waals surface area contributed by atoms with E-state index in [1.54, 1.807) is 25.1 Å². The second-order valence-corrected chi connectivity index (χ2v) is 7.08. The van der Waals surface area contributed by atoms with Gasteiger partial charge in [0.15, 0.2) is 5.78 Å². The average molecular weight is 362 g/mol. The van der Waals surface area contributed by atoms with Crippen LogP contribution in [-0.2, 0) is 4.79 Å². The summed E-state index contributed by atoms with van der Waals surface area (Å²) < 4.78 is 10.3. The van der Waals surface area contributed by atoms with E-state index in [9.17, 15) is 14.4 Å². The van der Waals surface area contributed by atoms with E-state index in [2.05, 4.69) is 19.2 Å². The van der Waals surface area contributed by atoms with Crippen molar-refractivity contribution in [3.05, 3.63) is 23.8 Å². The smallest absolute Gasteiger partial charge is 0.325 e. The molecular weight excluding hydrogens is 336 g/mol. The molecule has 1 aromatic rings. The summed E-state index contributed by atoms with van der Waals surface area (Å²) in [4.78, 5) is 38.6. The minimum Gasteiger partial charge on any atom is -0.497 e. The molecule has 0 aliphatic carbocycles. The molecule has 0 aromatic heterocycles. The highest BCUT2D eigenvalue weighted by Gasteiger charge is 2.47. The van der Waals surface area contributed by atoms with Gasteiger partial charge in [0.05, 0.1) is 26.3 Å². The quantitative estimate of drug-likeness (QED) is 0.568. The Kier molecular flexibility index (Phi) is 5.90. The number of urea groups is 1. The summed E-state index contributed by atoms with van der Waals surface area (Å²) in [6, 6.07) is 4.25. The number of imide groups is 1. The van der Waals surface area contributed by atoms with Gasteiger partial charge < -0.3 is 14.8 Å². The van der Waals surface area contributed by atoms with Crippen molar-refractivity contribution in [3.63, 3.8) is 0 Å². The lowest BCUT2D eigenvalue weighted by Gasteiger charge is -2.22. The number of ketones is 1. The first kappa shape index (κ1) is 19.8. The van der Waals surface area contributed by atoms with Crippen LogP contribution in [0.1, 0.15) is 44.0 Å². The molecule has 1 atom stereocenters. The molecule has 0 unspecified atom stereocenters. The predicted octanol–water partition coefficient (Wildman–Crippen LogP) is 2.63. The van der Waals surface area contributed by atoms with Crippen LogP contribution >= 0.6 is 0 Å². The SMILES string of the molecule is COc1ccc(C(=O)CN2C(=O)N[C@@](C)(CCC(C)C)C2=O)c(OC)c1. The van der Waals surface area contributed by atoms with Gasteiger partial charge in [-0.25, -0.2) is 4.79 Å². The van der Waals surface area contributed by atoms with Gasteiger partial charge >= 0.3 is 6.03 Å². The maximum atomic E-state index is 12.7. The lowest BCUT2D eigenvalue weighted by Crippen LogP contribution is -2.44. The van der Waals surface area contributed by atoms with E-state index in [0.717, 1.165) is 11.3 Å². The standard InChI is InChI=1S/C19H26N2O5/c1-12(2)8-9-19(3)17(23)21(18(24)20-19)11-15(22)14-7-6-13(25-4)10-16(14)26-5/h6-7,10,12H,8-9,11H2,1-5H3,(H,20,24)/t19-/m0/s1. The summed E-state index contributed by atoms with van der Waals surface area (Å²) in [5.74, 6) is 0.555. The summed E-state index contributed by atoms with van der Waals surface area (Å²) in [7, 11) is 2.96. The summed E-state index contributed by atoms with van der Waals surface area (Å²) in [5.41, 5.74) is -0.671. The lowest BCUT2D eigenvalue weighted by atomic mass is 9.92. The molecule has 26 heavy (non-hydrogen) atoms. The van der Waals surface area contributed by atoms with Crippen LogP contribution in [0.3, 0.4) is 0 Å². The molecule has 1 N–H and O–H groups in total. The van der Waals surface area contributed by atoms with E-state index in [0.29, 0.717) is 29.4 Å². The molecule has 0 bridgehead atoms. The summed E-state index contributed by atoms with van der Waals surface area (Å²) >= 11 is 0. The molecule has 1 aliphatic heterocycles. The van der Waals surface area contributed by atoms with Crippen LogP contribution in [0.15, 0.2) is 18.2 Å². The maximum absolute atomic E-state index is 12.7. The third-order valence-corrected chi connectivity index (χ3v) is 4.58. The Hall–Kier alpha value is -2.57. The number of amides is 3. The van der Waals surface area contributed by atoms with Crippen LogP contribution < -0.4 is 14.8 Å². The Bertz CT molecular complexity index is 716. The van der Waals surface area contributed by atoms with Gasteiger partial charge in [-0.1, -0.05) is 13.8 Å². The fraction of sp³-hybridized carbons (Fsp3) is 0.526. The Morgan fingerprint density at radius 2 is 1.92 bits per heavy atom. The summed E-state index contributed by atoms with van der Waals surface area (Å²) in [5, 5.41) is 2.72. The fourth-order valence-corrected chi connectivity index (χ4v) is 2.90. The number of hydrogen-bond donors (Lipinski definition) is 1. The highest BCUT2D eigenvalue weighted by atomic mass is 16.5. The molecule has 0 radical (unpaired) electrons. The largest absolute Gasteiger partial charge is 0.497 e. The monoisotopic (exact) mass is 362 g/mol. The van der Waals surface area contributed by atoms with E-state index in [4.69, 9.17) is 9.47 Å². The van der Waals surface area contributed by atoms with Gasteiger partial charge in [-0.05, 0) is 37.8 Å². The Balaban J connectivity index is 2.16. The Morgan fingerprint density at radius 3 is 2.50 bits per heavy atom. The molecule has 3 amide bonds. The van der Waals surface area contributed by atoms with Crippen molar-refractivity contribution in [2.75, 3.05) is 20.8 Å². The highest BCUT2D eigenvalue weighted by molar-refractivity contribution is 6.11. The number of carbonyl (C=O) groups excluding carboxylic acids is 3. The number of benzene rings is 1. The van der Waals surface area contributed by atoms with Crippen molar-refractivity contribution in [3.8, 4) is 11.5 Å². The third kappa shape index (κ3) is 3.98. The molecule has 1 saturated heterocycles. The highest BCUT2D eigenvalue weighted by Crippen LogP contribution is 2.28. The molecule has 1 fully saturated rings. The predicted molar refractivity (Wildman–Crippen MR) is 96.6 cm³/mol. The number of Topliss-reactive ketones (excluding diaryl/α,β-unsaturated/α-hetero) is 1. The Labute approximate surface area is 153 Å². The molecule has 0 saturated carbocycles. The first-order valence-electron chi connectivity index (χ1n) is 8.61. The minimum absolute atomic E-state index is 0.296. The first-order chi connectivity index (χ1) is 12.2. The second-order valence-electron chi connectivity index (χ2n) is 7.08. The van der Waals surface area contributed by atoms with Crippen LogP contribution in [0.25, 0.3) is 0 Å². The number of nitrogens with zero attached hydrogens (tertiary/aromatic N) is 1. The number of nitrogens with one attached hydrogen (secondary N) is 1. The van der Waals surface area contributed by atoms with Gasteiger partial charge in [0.1, 0.15) is 17.0 Å². The van der Waals surface area contributed by atoms with Gasteiger partial charge in [-0.3, -0.25) is 14.5 Å². The van der Waals surface area contributed by atoms with Crippen molar-refractivity contribution < 1.29 is 23.9 Å². The van der Waals surface area contributed by atoms with Crippen LogP contribution in [-0.4, -0.2) is 48.9 Å². The van der Waals surface area contributed by atoms with Crippen LogP contribution in [0.5, 0.6) is 11.5 Å².